The predicted molar refractivity (Wildman–Crippen MR) is 63.5 cm³/mol. The van der Waals surface area contributed by atoms with Gasteiger partial charge in [0.05, 0.1) is 0 Å². The van der Waals surface area contributed by atoms with Gasteiger partial charge < -0.3 is 4.90 Å². The highest BCUT2D eigenvalue weighted by Gasteiger charge is 2.27. The molecule has 0 saturated heterocycles. The van der Waals surface area contributed by atoms with Gasteiger partial charge in [0, 0.05) is 36.9 Å². The Labute approximate surface area is 92.0 Å². The molecule has 0 spiro atoms. The first-order valence-corrected chi connectivity index (χ1v) is 5.14. The molecule has 0 radical (unpaired) electrons. The molecule has 0 aliphatic heterocycles. The lowest BCUT2D eigenvalue weighted by molar-refractivity contribution is -0.122. The minimum absolute atomic E-state index is 0.195. The SMILES string of the molecule is CN(C)/C=C1\C=CC=C1C(=O)C(C)(C)C. The molecule has 0 atom stereocenters. The molecule has 0 heterocycles. The highest BCUT2D eigenvalue weighted by Crippen LogP contribution is 2.28. The topological polar surface area (TPSA) is 20.3 Å². The molecule has 0 N–H and O–H groups in total. The van der Waals surface area contributed by atoms with Gasteiger partial charge in [0.1, 0.15) is 0 Å². The van der Waals surface area contributed by atoms with Gasteiger partial charge in [0.25, 0.3) is 0 Å². The molecular formula is C13H19NO. The second kappa shape index (κ2) is 4.05. The zero-order valence-electron chi connectivity index (χ0n) is 10.2. The second-order valence-corrected chi connectivity index (χ2v) is 5.07. The average Bonchev–Trinajstić information content (AvgIpc) is 2.48. The number of ketones is 1. The summed E-state index contributed by atoms with van der Waals surface area (Å²) in [5, 5.41) is 0. The molecule has 0 fully saturated rings. The fraction of sp³-hybridized carbons (Fsp3) is 0.462. The monoisotopic (exact) mass is 205 g/mol. The van der Waals surface area contributed by atoms with E-state index in [0.29, 0.717) is 0 Å². The smallest absolute Gasteiger partial charge is 0.168 e. The Balaban J connectivity index is 2.95. The maximum absolute atomic E-state index is 12.1. The van der Waals surface area contributed by atoms with Gasteiger partial charge in [0.2, 0.25) is 0 Å². The van der Waals surface area contributed by atoms with Crippen LogP contribution in [0.1, 0.15) is 20.8 Å². The summed E-state index contributed by atoms with van der Waals surface area (Å²) in [5.74, 6) is 0.195. The normalized spacial score (nSPS) is 18.2. The number of carbonyl (C=O) groups is 1. The Hall–Kier alpha value is -1.31. The van der Waals surface area contributed by atoms with Crippen LogP contribution in [0.5, 0.6) is 0 Å². The van der Waals surface area contributed by atoms with E-state index in [1.54, 1.807) is 0 Å². The van der Waals surface area contributed by atoms with Crippen LogP contribution in [0.4, 0.5) is 0 Å². The molecule has 0 aromatic rings. The Morgan fingerprint density at radius 3 is 2.40 bits per heavy atom. The molecule has 0 bridgehead atoms. The van der Waals surface area contributed by atoms with Gasteiger partial charge in [-0.3, -0.25) is 4.79 Å². The van der Waals surface area contributed by atoms with E-state index in [2.05, 4.69) is 0 Å². The number of allylic oxidation sites excluding steroid dienone is 5. The molecule has 1 aliphatic rings. The molecule has 2 nitrogen and oxygen atoms in total. The van der Waals surface area contributed by atoms with Crippen molar-refractivity contribution in [1.82, 2.24) is 4.90 Å². The summed E-state index contributed by atoms with van der Waals surface area (Å²) >= 11 is 0. The Bertz CT molecular complexity index is 351. The first-order valence-electron chi connectivity index (χ1n) is 5.14. The van der Waals surface area contributed by atoms with Crippen molar-refractivity contribution in [1.29, 1.82) is 0 Å². The predicted octanol–water partition coefficient (Wildman–Crippen LogP) is 2.54. The van der Waals surface area contributed by atoms with Crippen LogP contribution in [-0.4, -0.2) is 24.8 Å². The van der Waals surface area contributed by atoms with Crippen molar-refractivity contribution in [2.45, 2.75) is 20.8 Å². The van der Waals surface area contributed by atoms with E-state index in [0.717, 1.165) is 11.1 Å². The van der Waals surface area contributed by atoms with Crippen molar-refractivity contribution in [3.8, 4) is 0 Å². The summed E-state index contributed by atoms with van der Waals surface area (Å²) in [7, 11) is 3.91. The van der Waals surface area contributed by atoms with E-state index >= 15 is 0 Å². The Morgan fingerprint density at radius 1 is 1.33 bits per heavy atom. The van der Waals surface area contributed by atoms with Gasteiger partial charge >= 0.3 is 0 Å². The van der Waals surface area contributed by atoms with E-state index in [1.807, 2.05) is 64.2 Å². The van der Waals surface area contributed by atoms with Crippen molar-refractivity contribution in [2.24, 2.45) is 5.41 Å². The lowest BCUT2D eigenvalue weighted by Crippen LogP contribution is -2.22. The van der Waals surface area contributed by atoms with Crippen LogP contribution in [0.3, 0.4) is 0 Å². The fourth-order valence-corrected chi connectivity index (χ4v) is 1.44. The third-order valence-electron chi connectivity index (χ3n) is 2.17. The van der Waals surface area contributed by atoms with Crippen LogP contribution in [0.15, 0.2) is 35.6 Å². The molecule has 82 valence electrons. The van der Waals surface area contributed by atoms with Crippen molar-refractivity contribution in [3.63, 3.8) is 0 Å². The third kappa shape index (κ3) is 2.82. The quantitative estimate of drug-likeness (QED) is 0.690. The minimum Gasteiger partial charge on any atom is -0.383 e. The van der Waals surface area contributed by atoms with Crippen molar-refractivity contribution >= 4 is 5.78 Å². The van der Waals surface area contributed by atoms with Crippen molar-refractivity contribution in [2.75, 3.05) is 14.1 Å². The lowest BCUT2D eigenvalue weighted by atomic mass is 9.84. The summed E-state index contributed by atoms with van der Waals surface area (Å²) < 4.78 is 0. The number of carbonyl (C=O) groups excluding carboxylic acids is 1. The van der Waals surface area contributed by atoms with Gasteiger partial charge in [0.15, 0.2) is 5.78 Å². The van der Waals surface area contributed by atoms with E-state index in [-0.39, 0.29) is 11.2 Å². The van der Waals surface area contributed by atoms with E-state index < -0.39 is 0 Å². The van der Waals surface area contributed by atoms with Crippen molar-refractivity contribution in [3.05, 3.63) is 35.6 Å². The summed E-state index contributed by atoms with van der Waals surface area (Å²) in [6.45, 7) is 5.84. The van der Waals surface area contributed by atoms with Crippen molar-refractivity contribution < 1.29 is 4.79 Å². The third-order valence-corrected chi connectivity index (χ3v) is 2.17. The van der Waals surface area contributed by atoms with Gasteiger partial charge in [-0.2, -0.15) is 0 Å². The molecule has 0 unspecified atom stereocenters. The molecule has 0 aromatic carbocycles. The van der Waals surface area contributed by atoms with Crippen LogP contribution < -0.4 is 0 Å². The lowest BCUT2D eigenvalue weighted by Gasteiger charge is -2.19. The highest BCUT2D eigenvalue weighted by molar-refractivity contribution is 6.04. The number of Topliss-reactive ketones (excluding diaryl/α,β-unsaturated/α-hetero) is 1. The van der Waals surface area contributed by atoms with Crippen LogP contribution in [0, 0.1) is 5.41 Å². The van der Waals surface area contributed by atoms with Crippen LogP contribution in [-0.2, 0) is 4.79 Å². The fourth-order valence-electron chi connectivity index (χ4n) is 1.44. The maximum atomic E-state index is 12.1. The number of rotatable bonds is 2. The maximum Gasteiger partial charge on any atom is 0.168 e. The van der Waals surface area contributed by atoms with Crippen LogP contribution in [0.2, 0.25) is 0 Å². The van der Waals surface area contributed by atoms with Gasteiger partial charge in [-0.1, -0.05) is 39.0 Å². The molecular weight excluding hydrogens is 186 g/mol. The summed E-state index contributed by atoms with van der Waals surface area (Å²) in [4.78, 5) is 14.0. The first kappa shape index (κ1) is 11.8. The average molecular weight is 205 g/mol. The molecule has 0 amide bonds. The molecule has 1 aliphatic carbocycles. The molecule has 15 heavy (non-hydrogen) atoms. The number of hydrogen-bond donors (Lipinski definition) is 0. The van der Waals surface area contributed by atoms with E-state index in [4.69, 9.17) is 0 Å². The standard InChI is InChI=1S/C13H19NO/c1-13(2,3)12(15)11-8-6-7-10(11)9-14(4)5/h6-9H,1-5H3/b10-9+. The van der Waals surface area contributed by atoms with Gasteiger partial charge in [-0.25, -0.2) is 0 Å². The summed E-state index contributed by atoms with van der Waals surface area (Å²) in [5.41, 5.74) is 1.50. The Kier molecular flexibility index (Phi) is 3.18. The zero-order valence-corrected chi connectivity index (χ0v) is 10.2. The molecule has 0 aromatic heterocycles. The number of hydrogen-bond acceptors (Lipinski definition) is 2. The van der Waals surface area contributed by atoms with E-state index in [1.165, 1.54) is 0 Å². The second-order valence-electron chi connectivity index (χ2n) is 5.07. The molecule has 1 rings (SSSR count). The zero-order chi connectivity index (χ0) is 11.6. The summed E-state index contributed by atoms with van der Waals surface area (Å²) in [6, 6.07) is 0. The van der Waals surface area contributed by atoms with Crippen LogP contribution in [0.25, 0.3) is 0 Å². The summed E-state index contributed by atoms with van der Waals surface area (Å²) in [6.07, 6.45) is 7.76. The molecule has 0 saturated carbocycles. The largest absolute Gasteiger partial charge is 0.383 e. The highest BCUT2D eigenvalue weighted by atomic mass is 16.1. The number of nitrogens with zero attached hydrogens (tertiary/aromatic N) is 1. The first-order chi connectivity index (χ1) is 6.82. The van der Waals surface area contributed by atoms with Crippen LogP contribution >= 0.6 is 0 Å². The van der Waals surface area contributed by atoms with E-state index in [9.17, 15) is 4.79 Å². The molecule has 2 heteroatoms. The van der Waals surface area contributed by atoms with Gasteiger partial charge in [-0.05, 0) is 0 Å². The Morgan fingerprint density at radius 2 is 1.93 bits per heavy atom. The minimum atomic E-state index is -0.316. The van der Waals surface area contributed by atoms with Gasteiger partial charge in [-0.15, -0.1) is 0 Å².